The second kappa shape index (κ2) is 6.70. The monoisotopic (exact) mass is 326 g/mol. The molecule has 0 aromatic heterocycles. The highest BCUT2D eigenvalue weighted by Crippen LogP contribution is 2.35. The van der Waals surface area contributed by atoms with Gasteiger partial charge in [0, 0.05) is 16.1 Å². The maximum Gasteiger partial charge on any atom is 0.339 e. The highest BCUT2D eigenvalue weighted by Gasteiger charge is 2.18. The highest BCUT2D eigenvalue weighted by molar-refractivity contribution is 6.31. The number of rotatable bonds is 5. The smallest absolute Gasteiger partial charge is 0.339 e. The summed E-state index contributed by atoms with van der Waals surface area (Å²) in [4.78, 5) is 11.3. The first-order valence-electron chi connectivity index (χ1n) is 5.99. The fraction of sp³-hybridized carbons (Fsp3) is 0.133. The lowest BCUT2D eigenvalue weighted by atomic mass is 10.2. The Kier molecular flexibility index (Phi) is 4.94. The van der Waals surface area contributed by atoms with Crippen LogP contribution in [0, 0.1) is 0 Å². The molecule has 0 heterocycles. The van der Waals surface area contributed by atoms with Gasteiger partial charge >= 0.3 is 5.97 Å². The minimum atomic E-state index is -1.14. The van der Waals surface area contributed by atoms with Crippen LogP contribution in [0.5, 0.6) is 11.5 Å². The Labute approximate surface area is 131 Å². The van der Waals surface area contributed by atoms with E-state index in [-0.39, 0.29) is 28.7 Å². The molecule has 0 aliphatic rings. The van der Waals surface area contributed by atoms with Gasteiger partial charge in [-0.15, -0.1) is 0 Å². The predicted octanol–water partition coefficient (Wildman–Crippen LogP) is 4.28. The Balaban J connectivity index is 2.32. The fourth-order valence-corrected chi connectivity index (χ4v) is 2.23. The quantitative estimate of drug-likeness (QED) is 0.890. The van der Waals surface area contributed by atoms with Crippen molar-refractivity contribution in [2.75, 3.05) is 7.11 Å². The van der Waals surface area contributed by atoms with E-state index in [1.54, 1.807) is 18.2 Å². The summed E-state index contributed by atoms with van der Waals surface area (Å²) in [7, 11) is 1.42. The Hall–Kier alpha value is -1.91. The summed E-state index contributed by atoms with van der Waals surface area (Å²) in [5.74, 6) is -0.742. The number of benzene rings is 2. The second-order valence-electron chi connectivity index (χ2n) is 4.21. The summed E-state index contributed by atoms with van der Waals surface area (Å²) in [5.41, 5.74) is 0.761. The topological polar surface area (TPSA) is 55.8 Å². The van der Waals surface area contributed by atoms with Crippen LogP contribution in [-0.2, 0) is 6.61 Å². The molecule has 2 aromatic rings. The van der Waals surface area contributed by atoms with E-state index in [0.717, 1.165) is 5.56 Å². The zero-order valence-corrected chi connectivity index (χ0v) is 12.6. The van der Waals surface area contributed by atoms with E-state index in [4.69, 9.17) is 32.7 Å². The van der Waals surface area contributed by atoms with E-state index >= 15 is 0 Å². The van der Waals surface area contributed by atoms with Crippen molar-refractivity contribution in [1.82, 2.24) is 0 Å². The number of hydrogen-bond acceptors (Lipinski definition) is 3. The van der Waals surface area contributed by atoms with E-state index in [1.807, 2.05) is 6.07 Å². The maximum absolute atomic E-state index is 11.3. The van der Waals surface area contributed by atoms with Crippen LogP contribution in [-0.4, -0.2) is 18.2 Å². The van der Waals surface area contributed by atoms with Gasteiger partial charge in [-0.2, -0.15) is 0 Å². The van der Waals surface area contributed by atoms with Gasteiger partial charge in [-0.25, -0.2) is 4.79 Å². The van der Waals surface area contributed by atoms with Crippen molar-refractivity contribution in [3.63, 3.8) is 0 Å². The van der Waals surface area contributed by atoms with Gasteiger partial charge in [0.2, 0.25) is 0 Å². The lowest BCUT2D eigenvalue weighted by molar-refractivity contribution is 0.0691. The third-order valence-corrected chi connectivity index (χ3v) is 3.20. The molecular weight excluding hydrogens is 315 g/mol. The van der Waals surface area contributed by atoms with E-state index in [9.17, 15) is 9.90 Å². The summed E-state index contributed by atoms with van der Waals surface area (Å²) in [5, 5.41) is 10.1. The van der Waals surface area contributed by atoms with Crippen LogP contribution in [0.1, 0.15) is 15.9 Å². The first kappa shape index (κ1) is 15.5. The Morgan fingerprint density at radius 3 is 2.57 bits per heavy atom. The molecule has 0 spiro atoms. The van der Waals surface area contributed by atoms with Crippen molar-refractivity contribution in [3.8, 4) is 11.5 Å². The third-order valence-electron chi connectivity index (χ3n) is 2.74. The molecule has 0 radical (unpaired) electrons. The molecule has 21 heavy (non-hydrogen) atoms. The maximum atomic E-state index is 11.3. The number of methoxy groups -OCH3 is 1. The van der Waals surface area contributed by atoms with Crippen LogP contribution in [0.25, 0.3) is 0 Å². The SMILES string of the molecule is COc1cc(Cl)cc(C(=O)O)c1OCc1cccc(Cl)c1. The molecule has 2 rings (SSSR count). The number of carbonyl (C=O) groups is 1. The number of aromatic carboxylic acids is 1. The van der Waals surface area contributed by atoms with Gasteiger partial charge in [-0.3, -0.25) is 0 Å². The molecule has 4 nitrogen and oxygen atoms in total. The molecular formula is C15H12Cl2O4. The minimum absolute atomic E-state index is 0.0543. The van der Waals surface area contributed by atoms with Crippen LogP contribution in [0.2, 0.25) is 10.0 Å². The molecule has 0 atom stereocenters. The van der Waals surface area contributed by atoms with Crippen LogP contribution in [0.4, 0.5) is 0 Å². The lowest BCUT2D eigenvalue weighted by Gasteiger charge is -2.14. The third kappa shape index (κ3) is 3.80. The Bertz CT molecular complexity index is 671. The van der Waals surface area contributed by atoms with Gasteiger partial charge in [0.05, 0.1) is 7.11 Å². The average Bonchev–Trinajstić information content (AvgIpc) is 2.45. The van der Waals surface area contributed by atoms with E-state index < -0.39 is 5.97 Å². The largest absolute Gasteiger partial charge is 0.493 e. The first-order valence-corrected chi connectivity index (χ1v) is 6.75. The van der Waals surface area contributed by atoms with Gasteiger partial charge in [-0.1, -0.05) is 35.3 Å². The fourth-order valence-electron chi connectivity index (χ4n) is 1.81. The number of halogens is 2. The molecule has 6 heteroatoms. The van der Waals surface area contributed by atoms with Crippen LogP contribution >= 0.6 is 23.2 Å². The summed E-state index contributed by atoms with van der Waals surface area (Å²) in [6, 6.07) is 9.93. The minimum Gasteiger partial charge on any atom is -0.493 e. The van der Waals surface area contributed by atoms with Gasteiger partial charge < -0.3 is 14.6 Å². The number of carboxylic acid groups (broad SMARTS) is 1. The van der Waals surface area contributed by atoms with E-state index in [2.05, 4.69) is 0 Å². The standard InChI is InChI=1S/C15H12Cl2O4/c1-20-13-7-11(17)6-12(15(18)19)14(13)21-8-9-3-2-4-10(16)5-9/h2-7H,8H2,1H3,(H,18,19). The molecule has 110 valence electrons. The Morgan fingerprint density at radius 2 is 1.95 bits per heavy atom. The normalized spacial score (nSPS) is 10.2. The molecule has 0 unspecified atom stereocenters. The molecule has 0 aliphatic carbocycles. The second-order valence-corrected chi connectivity index (χ2v) is 5.08. The Morgan fingerprint density at radius 1 is 1.19 bits per heavy atom. The van der Waals surface area contributed by atoms with Crippen molar-refractivity contribution in [1.29, 1.82) is 0 Å². The van der Waals surface area contributed by atoms with E-state index in [0.29, 0.717) is 5.02 Å². The van der Waals surface area contributed by atoms with Crippen molar-refractivity contribution < 1.29 is 19.4 Å². The van der Waals surface area contributed by atoms with Gasteiger partial charge in [0.15, 0.2) is 11.5 Å². The van der Waals surface area contributed by atoms with Crippen LogP contribution < -0.4 is 9.47 Å². The zero-order valence-electron chi connectivity index (χ0n) is 11.1. The summed E-state index contributed by atoms with van der Waals surface area (Å²) in [6.07, 6.45) is 0. The number of carboxylic acids is 1. The lowest BCUT2D eigenvalue weighted by Crippen LogP contribution is -2.05. The van der Waals surface area contributed by atoms with Crippen LogP contribution in [0.15, 0.2) is 36.4 Å². The van der Waals surface area contributed by atoms with Crippen molar-refractivity contribution >= 4 is 29.2 Å². The van der Waals surface area contributed by atoms with Crippen LogP contribution in [0.3, 0.4) is 0 Å². The predicted molar refractivity (Wildman–Crippen MR) is 80.7 cm³/mol. The number of hydrogen-bond donors (Lipinski definition) is 1. The van der Waals surface area contributed by atoms with Crippen molar-refractivity contribution in [2.45, 2.75) is 6.61 Å². The molecule has 0 amide bonds. The van der Waals surface area contributed by atoms with Gasteiger partial charge in [0.25, 0.3) is 0 Å². The van der Waals surface area contributed by atoms with Gasteiger partial charge in [0.1, 0.15) is 12.2 Å². The summed E-state index contributed by atoms with van der Waals surface area (Å²) in [6.45, 7) is 0.166. The molecule has 2 aromatic carbocycles. The number of ether oxygens (including phenoxy) is 2. The average molecular weight is 327 g/mol. The molecule has 0 aliphatic heterocycles. The first-order chi connectivity index (χ1) is 10.0. The summed E-state index contributed by atoms with van der Waals surface area (Å²) >= 11 is 11.8. The molecule has 1 N–H and O–H groups in total. The van der Waals surface area contributed by atoms with Crippen molar-refractivity contribution in [3.05, 3.63) is 57.6 Å². The summed E-state index contributed by atoms with van der Waals surface area (Å²) < 4.78 is 10.7. The highest BCUT2D eigenvalue weighted by atomic mass is 35.5. The zero-order chi connectivity index (χ0) is 15.4. The van der Waals surface area contributed by atoms with E-state index in [1.165, 1.54) is 19.2 Å². The molecule has 0 bridgehead atoms. The van der Waals surface area contributed by atoms with Gasteiger partial charge in [-0.05, 0) is 23.8 Å². The molecule has 0 fully saturated rings. The molecule has 0 saturated carbocycles. The van der Waals surface area contributed by atoms with Crippen molar-refractivity contribution in [2.24, 2.45) is 0 Å². The molecule has 0 saturated heterocycles.